The van der Waals surface area contributed by atoms with Crippen LogP contribution in [-0.4, -0.2) is 57.7 Å². The third-order valence-electron chi connectivity index (χ3n) is 3.41. The fourth-order valence-corrected chi connectivity index (χ4v) is 1.85. The van der Waals surface area contributed by atoms with Crippen molar-refractivity contribution in [3.05, 3.63) is 0 Å². The summed E-state index contributed by atoms with van der Waals surface area (Å²) in [5.74, 6) is -67.8. The molecule has 0 aliphatic rings. The van der Waals surface area contributed by atoms with Gasteiger partial charge in [0.25, 0.3) is 0 Å². The highest BCUT2D eigenvalue weighted by atomic mass is 127. The fourth-order valence-electron chi connectivity index (χ4n) is 1.51. The third-order valence-corrected chi connectivity index (χ3v) is 4.09. The first kappa shape index (κ1) is 30.3. The van der Waals surface area contributed by atoms with Gasteiger partial charge in [-0.25, -0.2) is 8.78 Å². The zero-order chi connectivity index (χ0) is 26.1. The highest BCUT2D eigenvalue weighted by molar-refractivity contribution is 14.1. The Morgan fingerprint density at radius 1 is 0.355 bits per heavy atom. The molecular weight excluding hydrogens is 627 g/mol. The van der Waals surface area contributed by atoms with Crippen LogP contribution < -0.4 is 0 Å². The standard InChI is InChI=1S/C10HF20I/c11-1(12)2(13,14)3(15,16)4(17,18)5(19,20)6(21,22)7(23,24)8(25,26)9(27,28)10(29,30)31/h1H. The molecule has 188 valence electrons. The van der Waals surface area contributed by atoms with Gasteiger partial charge in [0.05, 0.1) is 0 Å². The van der Waals surface area contributed by atoms with E-state index in [4.69, 9.17) is 0 Å². The predicted molar refractivity (Wildman–Crippen MR) is 64.5 cm³/mol. The summed E-state index contributed by atoms with van der Waals surface area (Å²) in [7, 11) is 0. The summed E-state index contributed by atoms with van der Waals surface area (Å²) in [6, 6.07) is 0. The Balaban J connectivity index is 6.91. The molecule has 0 nitrogen and oxygen atoms in total. The summed E-state index contributed by atoms with van der Waals surface area (Å²) < 4.78 is 250. The van der Waals surface area contributed by atoms with Gasteiger partial charge in [0.15, 0.2) is 0 Å². The summed E-state index contributed by atoms with van der Waals surface area (Å²) in [6.45, 7) is 0. The first-order chi connectivity index (χ1) is 12.9. The minimum Gasteiger partial charge on any atom is -0.203 e. The van der Waals surface area contributed by atoms with Crippen molar-refractivity contribution < 1.29 is 87.8 Å². The van der Waals surface area contributed by atoms with Crippen molar-refractivity contribution >= 4 is 22.6 Å². The average Bonchev–Trinajstić information content (AvgIpc) is 2.52. The second-order valence-electron chi connectivity index (χ2n) is 5.44. The van der Waals surface area contributed by atoms with Crippen LogP contribution in [0.4, 0.5) is 87.8 Å². The van der Waals surface area contributed by atoms with Crippen molar-refractivity contribution in [2.75, 3.05) is 0 Å². The highest BCUT2D eigenvalue weighted by Crippen LogP contribution is 2.65. The van der Waals surface area contributed by atoms with Crippen LogP contribution in [-0.2, 0) is 0 Å². The molecule has 0 spiro atoms. The van der Waals surface area contributed by atoms with Gasteiger partial charge in [0.1, 0.15) is 0 Å². The predicted octanol–water partition coefficient (Wildman–Crippen LogP) is 7.36. The number of alkyl halides is 21. The monoisotopic (exact) mass is 628 g/mol. The lowest BCUT2D eigenvalue weighted by Gasteiger charge is -2.43. The Morgan fingerprint density at radius 3 is 0.742 bits per heavy atom. The number of rotatable bonds is 9. The quantitative estimate of drug-likeness (QED) is 0.142. The van der Waals surface area contributed by atoms with Gasteiger partial charge in [-0.3, -0.25) is 0 Å². The van der Waals surface area contributed by atoms with Gasteiger partial charge in [0.2, 0.25) is 0 Å². The van der Waals surface area contributed by atoms with Crippen LogP contribution in [0.1, 0.15) is 0 Å². The largest absolute Gasteiger partial charge is 0.387 e. The number of halogens is 21. The summed E-state index contributed by atoms with van der Waals surface area (Å²) in [6.07, 6.45) is -6.07. The van der Waals surface area contributed by atoms with E-state index in [9.17, 15) is 87.8 Å². The molecule has 0 radical (unpaired) electrons. The van der Waals surface area contributed by atoms with Crippen LogP contribution in [0.3, 0.4) is 0 Å². The van der Waals surface area contributed by atoms with Crippen LogP contribution in [0.15, 0.2) is 0 Å². The zero-order valence-corrected chi connectivity index (χ0v) is 15.2. The normalized spacial score (nSPS) is 16.8. The van der Waals surface area contributed by atoms with Gasteiger partial charge >= 0.3 is 57.7 Å². The highest BCUT2D eigenvalue weighted by Gasteiger charge is 2.96. The number of hydrogen-bond acceptors (Lipinski definition) is 0. The topological polar surface area (TPSA) is 0 Å². The lowest BCUT2D eigenvalue weighted by Crippen LogP contribution is -2.76. The first-order valence-electron chi connectivity index (χ1n) is 6.32. The van der Waals surface area contributed by atoms with Crippen LogP contribution in [0.25, 0.3) is 0 Å². The van der Waals surface area contributed by atoms with Crippen molar-refractivity contribution in [2.45, 2.75) is 57.7 Å². The first-order valence-corrected chi connectivity index (χ1v) is 7.39. The molecular formula is C10HF20I. The molecule has 0 N–H and O–H groups in total. The average molecular weight is 628 g/mol. The minimum absolute atomic E-state index is 1.10. The van der Waals surface area contributed by atoms with Gasteiger partial charge in [-0.1, -0.05) is 0 Å². The maximum absolute atomic E-state index is 13.2. The van der Waals surface area contributed by atoms with E-state index < -0.39 is 80.3 Å². The maximum atomic E-state index is 13.2. The third kappa shape index (κ3) is 3.66. The van der Waals surface area contributed by atoms with E-state index >= 15 is 0 Å². The Labute approximate surface area is 169 Å². The molecule has 0 aromatic carbocycles. The molecule has 0 aliphatic heterocycles. The van der Waals surface area contributed by atoms with Crippen molar-refractivity contribution in [1.82, 2.24) is 0 Å². The molecule has 0 fully saturated rings. The van der Waals surface area contributed by atoms with E-state index in [-0.39, 0.29) is 0 Å². The lowest BCUT2D eigenvalue weighted by atomic mass is 9.87. The molecule has 0 saturated heterocycles. The molecule has 0 atom stereocenters. The molecule has 0 aliphatic carbocycles. The van der Waals surface area contributed by atoms with Crippen molar-refractivity contribution in [3.63, 3.8) is 0 Å². The Morgan fingerprint density at radius 2 is 0.548 bits per heavy atom. The van der Waals surface area contributed by atoms with Crippen molar-refractivity contribution in [2.24, 2.45) is 0 Å². The second-order valence-corrected chi connectivity index (χ2v) is 6.80. The minimum atomic E-state index is -8.94. The van der Waals surface area contributed by atoms with Gasteiger partial charge in [-0.05, 0) is 0 Å². The molecule has 0 aromatic rings. The smallest absolute Gasteiger partial charge is 0.203 e. The summed E-state index contributed by atoms with van der Waals surface area (Å²) in [5.41, 5.74) is 0. The van der Waals surface area contributed by atoms with E-state index in [2.05, 4.69) is 0 Å². The molecule has 0 rings (SSSR count). The summed E-state index contributed by atoms with van der Waals surface area (Å²) >= 11 is -1.10. The van der Waals surface area contributed by atoms with Gasteiger partial charge in [0, 0.05) is 22.6 Å². The molecule has 0 heterocycles. The molecule has 0 aromatic heterocycles. The molecule has 0 amide bonds. The molecule has 21 heteroatoms. The summed E-state index contributed by atoms with van der Waals surface area (Å²) in [5, 5.41) is 0. The van der Waals surface area contributed by atoms with Crippen molar-refractivity contribution in [3.8, 4) is 0 Å². The Hall–Kier alpha value is -0.670. The van der Waals surface area contributed by atoms with Gasteiger partial charge in [-0.15, -0.1) is 0 Å². The lowest BCUT2D eigenvalue weighted by molar-refractivity contribution is -0.461. The van der Waals surface area contributed by atoms with E-state index in [0.717, 1.165) is 0 Å². The molecule has 0 saturated carbocycles. The zero-order valence-electron chi connectivity index (χ0n) is 13.0. The maximum Gasteiger partial charge on any atom is 0.387 e. The van der Waals surface area contributed by atoms with E-state index in [1.165, 1.54) is 0 Å². The van der Waals surface area contributed by atoms with Crippen molar-refractivity contribution in [1.29, 1.82) is 0 Å². The van der Waals surface area contributed by atoms with E-state index in [1.54, 1.807) is 0 Å². The molecule has 0 unspecified atom stereocenters. The van der Waals surface area contributed by atoms with Gasteiger partial charge < -0.3 is 0 Å². The van der Waals surface area contributed by atoms with Crippen LogP contribution >= 0.6 is 22.6 Å². The summed E-state index contributed by atoms with van der Waals surface area (Å²) in [4.78, 5) is 0. The van der Waals surface area contributed by atoms with E-state index in [0.29, 0.717) is 0 Å². The Kier molecular flexibility index (Phi) is 7.26. The second kappa shape index (κ2) is 7.42. The SMILES string of the molecule is FC(F)C(F)(F)C(F)(F)C(F)(F)C(F)(F)C(F)(F)C(F)(F)C(F)(F)C(F)(F)C(F)(F)I. The Bertz CT molecular complexity index is 655. The van der Waals surface area contributed by atoms with Crippen LogP contribution in [0.5, 0.6) is 0 Å². The number of hydrogen-bond donors (Lipinski definition) is 0. The van der Waals surface area contributed by atoms with Crippen LogP contribution in [0.2, 0.25) is 0 Å². The van der Waals surface area contributed by atoms with Crippen LogP contribution in [0, 0.1) is 0 Å². The van der Waals surface area contributed by atoms with E-state index in [1.807, 2.05) is 0 Å². The molecule has 0 bridgehead atoms. The molecule has 31 heavy (non-hydrogen) atoms. The fraction of sp³-hybridized carbons (Fsp3) is 1.00. The van der Waals surface area contributed by atoms with Gasteiger partial charge in [-0.2, -0.15) is 79.0 Å².